The van der Waals surface area contributed by atoms with E-state index in [0.29, 0.717) is 11.8 Å². The van der Waals surface area contributed by atoms with Crippen LogP contribution >= 0.6 is 27.5 Å². The largest absolute Gasteiger partial charge is 0.271 e. The molecule has 4 heteroatoms. The predicted octanol–water partition coefficient (Wildman–Crippen LogP) is 4.19. The van der Waals surface area contributed by atoms with Gasteiger partial charge in [0.15, 0.2) is 0 Å². The van der Waals surface area contributed by atoms with E-state index in [4.69, 9.17) is 11.6 Å². The van der Waals surface area contributed by atoms with Crippen LogP contribution in [0.5, 0.6) is 0 Å². The Bertz CT molecular complexity index is 361. The molecule has 0 N–H and O–H groups in total. The number of alkyl halides is 1. The highest BCUT2D eigenvalue weighted by Gasteiger charge is 2.18. The van der Waals surface area contributed by atoms with Crippen molar-refractivity contribution in [3.8, 4) is 0 Å². The van der Waals surface area contributed by atoms with Crippen molar-refractivity contribution < 1.29 is 0 Å². The third kappa shape index (κ3) is 3.99. The Balaban J connectivity index is 2.82. The molecule has 17 heavy (non-hydrogen) atoms. The van der Waals surface area contributed by atoms with Crippen molar-refractivity contribution in [1.82, 2.24) is 9.78 Å². The lowest BCUT2D eigenvalue weighted by atomic mass is 9.94. The molecule has 0 aromatic carbocycles. The zero-order valence-corrected chi connectivity index (χ0v) is 13.5. The Morgan fingerprint density at radius 2 is 2.06 bits per heavy atom. The Morgan fingerprint density at radius 3 is 2.47 bits per heavy atom. The summed E-state index contributed by atoms with van der Waals surface area (Å²) in [5, 5.41) is 4.52. The molecular formula is C13H22BrClN2. The number of rotatable bonds is 6. The van der Waals surface area contributed by atoms with E-state index in [9.17, 15) is 0 Å². The second-order valence-electron chi connectivity index (χ2n) is 5.04. The molecule has 0 amide bonds. The van der Waals surface area contributed by atoms with E-state index in [1.165, 1.54) is 16.6 Å². The molecule has 1 atom stereocenters. The van der Waals surface area contributed by atoms with Crippen LogP contribution in [-0.4, -0.2) is 15.7 Å². The number of nitrogens with zero attached hydrogens (tertiary/aromatic N) is 2. The summed E-state index contributed by atoms with van der Waals surface area (Å²) in [6.45, 7) is 6.62. The molecule has 2 nitrogen and oxygen atoms in total. The quantitative estimate of drug-likeness (QED) is 0.718. The normalized spacial score (nSPS) is 13.4. The molecule has 1 rings (SSSR count). The van der Waals surface area contributed by atoms with E-state index >= 15 is 0 Å². The highest BCUT2D eigenvalue weighted by atomic mass is 79.9. The van der Waals surface area contributed by atoms with Crippen molar-refractivity contribution in [2.45, 2.75) is 40.0 Å². The van der Waals surface area contributed by atoms with E-state index in [1.54, 1.807) is 0 Å². The van der Waals surface area contributed by atoms with Crippen LogP contribution in [0.4, 0.5) is 0 Å². The van der Waals surface area contributed by atoms with Gasteiger partial charge < -0.3 is 0 Å². The number of halogens is 2. The highest BCUT2D eigenvalue weighted by Crippen LogP contribution is 2.26. The maximum atomic E-state index is 6.06. The molecule has 0 bridgehead atoms. The van der Waals surface area contributed by atoms with Crippen molar-refractivity contribution >= 4 is 27.5 Å². The molecule has 0 aliphatic heterocycles. The first-order valence-corrected chi connectivity index (χ1v) is 7.58. The van der Waals surface area contributed by atoms with Crippen LogP contribution < -0.4 is 0 Å². The fourth-order valence-electron chi connectivity index (χ4n) is 2.18. The molecule has 1 aromatic rings. The van der Waals surface area contributed by atoms with Crippen LogP contribution in [0.1, 0.15) is 38.6 Å². The fourth-order valence-corrected chi connectivity index (χ4v) is 3.20. The van der Waals surface area contributed by atoms with E-state index in [1.807, 2.05) is 11.7 Å². The minimum absolute atomic E-state index is 0.535. The molecule has 0 radical (unpaired) electrons. The van der Waals surface area contributed by atoms with Crippen LogP contribution in [0.2, 0.25) is 0 Å². The van der Waals surface area contributed by atoms with Crippen LogP contribution in [0.15, 0.2) is 4.47 Å². The average Bonchev–Trinajstić information content (AvgIpc) is 2.54. The molecule has 0 aliphatic carbocycles. The van der Waals surface area contributed by atoms with Gasteiger partial charge >= 0.3 is 0 Å². The third-order valence-electron chi connectivity index (χ3n) is 3.01. The topological polar surface area (TPSA) is 17.8 Å². The van der Waals surface area contributed by atoms with Gasteiger partial charge in [-0.3, -0.25) is 4.68 Å². The molecule has 0 saturated carbocycles. The summed E-state index contributed by atoms with van der Waals surface area (Å²) >= 11 is 9.72. The standard InChI is InChI=1S/C13H22BrClN2/c1-5-11-13(14)12(17(4)16-11)7-10(8-15)6-9(2)3/h9-10H,5-8H2,1-4H3. The summed E-state index contributed by atoms with van der Waals surface area (Å²) in [4.78, 5) is 0. The zero-order valence-electron chi connectivity index (χ0n) is 11.1. The summed E-state index contributed by atoms with van der Waals surface area (Å²) in [6.07, 6.45) is 3.14. The van der Waals surface area contributed by atoms with Gasteiger partial charge in [-0.05, 0) is 47.0 Å². The van der Waals surface area contributed by atoms with Gasteiger partial charge in [0.1, 0.15) is 0 Å². The smallest absolute Gasteiger partial charge is 0.0766 e. The Labute approximate surface area is 118 Å². The third-order valence-corrected chi connectivity index (χ3v) is 4.36. The molecule has 1 heterocycles. The minimum atomic E-state index is 0.535. The number of aryl methyl sites for hydroxylation is 2. The van der Waals surface area contributed by atoms with Crippen molar-refractivity contribution in [2.24, 2.45) is 18.9 Å². The monoisotopic (exact) mass is 320 g/mol. The maximum absolute atomic E-state index is 6.06. The lowest BCUT2D eigenvalue weighted by molar-refractivity contribution is 0.431. The van der Waals surface area contributed by atoms with Crippen molar-refractivity contribution in [1.29, 1.82) is 0 Å². The van der Waals surface area contributed by atoms with E-state index in [2.05, 4.69) is 41.8 Å². The molecule has 98 valence electrons. The summed E-state index contributed by atoms with van der Waals surface area (Å²) < 4.78 is 3.16. The first-order valence-electron chi connectivity index (χ1n) is 6.25. The molecule has 0 spiro atoms. The second kappa shape index (κ2) is 6.79. The van der Waals surface area contributed by atoms with E-state index in [-0.39, 0.29) is 0 Å². The van der Waals surface area contributed by atoms with Crippen molar-refractivity contribution in [3.05, 3.63) is 15.9 Å². The van der Waals surface area contributed by atoms with Crippen LogP contribution in [0, 0.1) is 11.8 Å². The van der Waals surface area contributed by atoms with Gasteiger partial charge in [-0.25, -0.2) is 0 Å². The first-order chi connectivity index (χ1) is 7.99. The number of hydrogen-bond donors (Lipinski definition) is 0. The van der Waals surface area contributed by atoms with Gasteiger partial charge in [0, 0.05) is 12.9 Å². The van der Waals surface area contributed by atoms with Gasteiger partial charge in [-0.1, -0.05) is 20.8 Å². The molecule has 0 aliphatic rings. The van der Waals surface area contributed by atoms with Gasteiger partial charge in [0.05, 0.1) is 15.9 Å². The average molecular weight is 322 g/mol. The summed E-state index contributed by atoms with van der Waals surface area (Å²) in [5.41, 5.74) is 2.41. The minimum Gasteiger partial charge on any atom is -0.271 e. The highest BCUT2D eigenvalue weighted by molar-refractivity contribution is 9.10. The summed E-state index contributed by atoms with van der Waals surface area (Å²) in [5.74, 6) is 1.95. The molecular weight excluding hydrogens is 300 g/mol. The second-order valence-corrected chi connectivity index (χ2v) is 6.14. The van der Waals surface area contributed by atoms with Crippen LogP contribution in [0.3, 0.4) is 0 Å². The SMILES string of the molecule is CCc1nn(C)c(CC(CCl)CC(C)C)c1Br. The van der Waals surface area contributed by atoms with Gasteiger partial charge in [-0.2, -0.15) is 5.10 Å². The van der Waals surface area contributed by atoms with Crippen LogP contribution in [0.25, 0.3) is 0 Å². The van der Waals surface area contributed by atoms with E-state index < -0.39 is 0 Å². The number of aromatic nitrogens is 2. The molecule has 1 aromatic heterocycles. The molecule has 0 saturated heterocycles. The molecule has 1 unspecified atom stereocenters. The summed E-state index contributed by atoms with van der Waals surface area (Å²) in [6, 6.07) is 0. The lowest BCUT2D eigenvalue weighted by Crippen LogP contribution is -2.12. The maximum Gasteiger partial charge on any atom is 0.0766 e. The Morgan fingerprint density at radius 1 is 1.41 bits per heavy atom. The zero-order chi connectivity index (χ0) is 13.0. The van der Waals surface area contributed by atoms with Gasteiger partial charge in [0.25, 0.3) is 0 Å². The van der Waals surface area contributed by atoms with E-state index in [0.717, 1.165) is 24.4 Å². The lowest BCUT2D eigenvalue weighted by Gasteiger charge is -2.16. The van der Waals surface area contributed by atoms with Gasteiger partial charge in [0.2, 0.25) is 0 Å². The predicted molar refractivity (Wildman–Crippen MR) is 77.7 cm³/mol. The first kappa shape index (κ1) is 15.0. The Hall–Kier alpha value is -0.0200. The Kier molecular flexibility index (Phi) is 6.01. The fraction of sp³-hybridized carbons (Fsp3) is 0.769. The summed E-state index contributed by atoms with van der Waals surface area (Å²) in [7, 11) is 2.01. The molecule has 0 fully saturated rings. The van der Waals surface area contributed by atoms with Crippen molar-refractivity contribution in [2.75, 3.05) is 5.88 Å². The van der Waals surface area contributed by atoms with Crippen molar-refractivity contribution in [3.63, 3.8) is 0 Å². The van der Waals surface area contributed by atoms with Gasteiger partial charge in [-0.15, -0.1) is 11.6 Å². The van der Waals surface area contributed by atoms with Crippen LogP contribution in [-0.2, 0) is 19.9 Å². The number of hydrogen-bond acceptors (Lipinski definition) is 1.